The fourth-order valence-corrected chi connectivity index (χ4v) is 3.68. The maximum absolute atomic E-state index is 4.72. The van der Waals surface area contributed by atoms with Crippen LogP contribution in [0.3, 0.4) is 0 Å². The summed E-state index contributed by atoms with van der Waals surface area (Å²) < 4.78 is 2.15. The van der Waals surface area contributed by atoms with Crippen LogP contribution in [0.5, 0.6) is 0 Å². The van der Waals surface area contributed by atoms with Crippen molar-refractivity contribution >= 4 is 17.3 Å². The topological polar surface area (TPSA) is 54.2 Å². The molecule has 0 bridgehead atoms. The number of nitrogens with zero attached hydrogens (tertiary/aromatic N) is 3. The first-order chi connectivity index (χ1) is 13.3. The molecule has 142 valence electrons. The Bertz CT molecular complexity index is 850. The molecule has 6 heteroatoms. The maximum Gasteiger partial charge on any atom is 0.191 e. The highest BCUT2D eigenvalue weighted by atomic mass is 32.1. The van der Waals surface area contributed by atoms with Crippen molar-refractivity contribution in [3.05, 3.63) is 76.0 Å². The molecular formula is C21H27N5S. The van der Waals surface area contributed by atoms with E-state index in [1.54, 1.807) is 0 Å². The lowest BCUT2D eigenvalue weighted by Gasteiger charge is -2.11. The van der Waals surface area contributed by atoms with E-state index in [4.69, 9.17) is 4.99 Å². The Labute approximate surface area is 165 Å². The Balaban J connectivity index is 1.62. The van der Waals surface area contributed by atoms with Gasteiger partial charge in [-0.15, -0.1) is 11.3 Å². The van der Waals surface area contributed by atoms with Crippen LogP contribution in [0.1, 0.15) is 35.0 Å². The summed E-state index contributed by atoms with van der Waals surface area (Å²) in [4.78, 5) is 11.9. The minimum absolute atomic E-state index is 0.541. The van der Waals surface area contributed by atoms with E-state index in [0.717, 1.165) is 37.8 Å². The van der Waals surface area contributed by atoms with Gasteiger partial charge in [0.15, 0.2) is 5.96 Å². The third kappa shape index (κ3) is 5.69. The highest BCUT2D eigenvalue weighted by Gasteiger charge is 2.05. The van der Waals surface area contributed by atoms with Crippen molar-refractivity contribution in [2.45, 2.75) is 39.9 Å². The first-order valence-electron chi connectivity index (χ1n) is 9.42. The smallest absolute Gasteiger partial charge is 0.191 e. The summed E-state index contributed by atoms with van der Waals surface area (Å²) in [6.45, 7) is 7.23. The molecular weight excluding hydrogens is 354 g/mol. The number of rotatable bonds is 8. The number of benzene rings is 1. The van der Waals surface area contributed by atoms with Crippen LogP contribution >= 0.6 is 11.3 Å². The summed E-state index contributed by atoms with van der Waals surface area (Å²) in [5, 5.41) is 6.73. The molecule has 0 amide bonds. The number of thiophene rings is 1. The second kappa shape index (κ2) is 9.92. The molecule has 0 radical (unpaired) electrons. The highest BCUT2D eigenvalue weighted by Crippen LogP contribution is 2.16. The van der Waals surface area contributed by atoms with Gasteiger partial charge in [0.05, 0.1) is 6.54 Å². The molecule has 0 aliphatic heterocycles. The van der Waals surface area contributed by atoms with Crippen molar-refractivity contribution < 1.29 is 0 Å². The van der Waals surface area contributed by atoms with Gasteiger partial charge in [-0.25, -0.2) is 9.98 Å². The van der Waals surface area contributed by atoms with Gasteiger partial charge in [0.25, 0.3) is 0 Å². The Morgan fingerprint density at radius 1 is 1.07 bits per heavy atom. The van der Waals surface area contributed by atoms with Gasteiger partial charge in [-0.05, 0) is 31.0 Å². The molecule has 0 aliphatic rings. The highest BCUT2D eigenvalue weighted by molar-refractivity contribution is 7.11. The van der Waals surface area contributed by atoms with E-state index in [-0.39, 0.29) is 0 Å². The van der Waals surface area contributed by atoms with E-state index in [9.17, 15) is 0 Å². The Morgan fingerprint density at radius 3 is 2.63 bits per heavy atom. The van der Waals surface area contributed by atoms with Crippen molar-refractivity contribution in [3.63, 3.8) is 0 Å². The van der Waals surface area contributed by atoms with Gasteiger partial charge in [-0.2, -0.15) is 0 Å². The molecule has 0 aliphatic carbocycles. The van der Waals surface area contributed by atoms with Gasteiger partial charge in [0.2, 0.25) is 0 Å². The molecule has 3 aromatic rings. The van der Waals surface area contributed by atoms with Crippen LogP contribution in [0.4, 0.5) is 0 Å². The summed E-state index contributed by atoms with van der Waals surface area (Å²) in [6.07, 6.45) is 4.94. The van der Waals surface area contributed by atoms with Crippen molar-refractivity contribution in [2.24, 2.45) is 4.99 Å². The molecule has 0 spiro atoms. The van der Waals surface area contributed by atoms with Crippen LogP contribution in [0.15, 0.2) is 59.9 Å². The molecule has 1 aromatic carbocycles. The lowest BCUT2D eigenvalue weighted by atomic mass is 10.2. The average molecular weight is 382 g/mol. The fourth-order valence-electron chi connectivity index (χ4n) is 2.79. The third-order valence-electron chi connectivity index (χ3n) is 4.22. The number of hydrogen-bond acceptors (Lipinski definition) is 3. The summed E-state index contributed by atoms with van der Waals surface area (Å²) in [7, 11) is 0. The zero-order valence-electron chi connectivity index (χ0n) is 16.0. The molecule has 0 saturated heterocycles. The van der Waals surface area contributed by atoms with Crippen molar-refractivity contribution in [3.8, 4) is 0 Å². The first kappa shape index (κ1) is 19.2. The molecule has 0 unspecified atom stereocenters. The number of hydrogen-bond donors (Lipinski definition) is 2. The van der Waals surface area contributed by atoms with E-state index >= 15 is 0 Å². The lowest BCUT2D eigenvalue weighted by molar-refractivity contribution is 0.717. The van der Waals surface area contributed by atoms with Crippen LogP contribution in [-0.4, -0.2) is 22.1 Å². The zero-order chi connectivity index (χ0) is 18.9. The lowest BCUT2D eigenvalue weighted by Crippen LogP contribution is -2.36. The minimum Gasteiger partial charge on any atom is -0.357 e. The third-order valence-corrected chi connectivity index (χ3v) is 5.45. The molecule has 0 saturated carbocycles. The Hall–Kier alpha value is -2.60. The number of imidazole rings is 1. The number of aryl methyl sites for hydroxylation is 1. The van der Waals surface area contributed by atoms with Crippen molar-refractivity contribution in [2.75, 3.05) is 6.54 Å². The van der Waals surface area contributed by atoms with Crippen molar-refractivity contribution in [1.82, 2.24) is 20.2 Å². The SMILES string of the molecule is CCNC(=NCc1nccn1Cc1ccccc1)NCc1ccc(CC)s1. The second-order valence-electron chi connectivity index (χ2n) is 6.23. The molecule has 3 rings (SSSR count). The van der Waals surface area contributed by atoms with E-state index in [2.05, 4.69) is 70.4 Å². The molecule has 27 heavy (non-hydrogen) atoms. The Kier molecular flexibility index (Phi) is 7.04. The summed E-state index contributed by atoms with van der Waals surface area (Å²) in [5.74, 6) is 1.78. The molecule has 0 fully saturated rings. The number of guanidine groups is 1. The fraction of sp³-hybridized carbons (Fsp3) is 0.333. The quantitative estimate of drug-likeness (QED) is 0.461. The standard InChI is InChI=1S/C21H27N5S/c1-3-18-10-11-19(27-18)14-24-21(22-4-2)25-15-20-23-12-13-26(20)16-17-8-6-5-7-9-17/h5-13H,3-4,14-16H2,1-2H3,(H2,22,24,25). The molecule has 5 nitrogen and oxygen atoms in total. The molecule has 2 aromatic heterocycles. The van der Waals surface area contributed by atoms with Crippen LogP contribution in [-0.2, 0) is 26.1 Å². The normalized spacial score (nSPS) is 11.6. The van der Waals surface area contributed by atoms with Gasteiger partial charge < -0.3 is 15.2 Å². The number of nitrogens with one attached hydrogen (secondary N) is 2. The predicted octanol–water partition coefficient (Wildman–Crippen LogP) is 3.81. The largest absolute Gasteiger partial charge is 0.357 e. The predicted molar refractivity (Wildman–Crippen MR) is 113 cm³/mol. The number of aliphatic imine (C=N–C) groups is 1. The van der Waals surface area contributed by atoms with Crippen LogP contribution < -0.4 is 10.6 Å². The van der Waals surface area contributed by atoms with Crippen molar-refractivity contribution in [1.29, 1.82) is 0 Å². The van der Waals surface area contributed by atoms with E-state index in [1.165, 1.54) is 15.3 Å². The molecule has 2 N–H and O–H groups in total. The monoisotopic (exact) mass is 381 g/mol. The maximum atomic E-state index is 4.72. The van der Waals surface area contributed by atoms with Gasteiger partial charge in [-0.1, -0.05) is 37.3 Å². The van der Waals surface area contributed by atoms with Gasteiger partial charge >= 0.3 is 0 Å². The minimum atomic E-state index is 0.541. The van der Waals surface area contributed by atoms with Crippen LogP contribution in [0.2, 0.25) is 0 Å². The van der Waals surface area contributed by atoms with Crippen LogP contribution in [0, 0.1) is 0 Å². The van der Waals surface area contributed by atoms with Crippen LogP contribution in [0.25, 0.3) is 0 Å². The van der Waals surface area contributed by atoms with E-state index < -0.39 is 0 Å². The molecule has 0 atom stereocenters. The zero-order valence-corrected chi connectivity index (χ0v) is 16.8. The van der Waals surface area contributed by atoms with E-state index in [0.29, 0.717) is 6.54 Å². The summed E-state index contributed by atoms with van der Waals surface area (Å²) >= 11 is 1.85. The van der Waals surface area contributed by atoms with Gasteiger partial charge in [0, 0.05) is 35.2 Å². The summed E-state index contributed by atoms with van der Waals surface area (Å²) in [5.41, 5.74) is 1.26. The molecule has 2 heterocycles. The van der Waals surface area contributed by atoms with E-state index in [1.807, 2.05) is 29.8 Å². The first-order valence-corrected chi connectivity index (χ1v) is 10.2. The Morgan fingerprint density at radius 2 is 1.89 bits per heavy atom. The number of aromatic nitrogens is 2. The second-order valence-corrected chi connectivity index (χ2v) is 7.48. The summed E-state index contributed by atoms with van der Waals surface area (Å²) in [6, 6.07) is 14.8. The average Bonchev–Trinajstić information content (AvgIpc) is 3.34. The van der Waals surface area contributed by atoms with Gasteiger partial charge in [-0.3, -0.25) is 0 Å². The van der Waals surface area contributed by atoms with Gasteiger partial charge in [0.1, 0.15) is 12.4 Å².